The summed E-state index contributed by atoms with van der Waals surface area (Å²) in [6.07, 6.45) is 2.09. The van der Waals surface area contributed by atoms with Gasteiger partial charge in [-0.1, -0.05) is 48.7 Å². The van der Waals surface area contributed by atoms with Gasteiger partial charge in [-0.2, -0.15) is 0 Å². The molecule has 0 atom stereocenters. The van der Waals surface area contributed by atoms with Crippen LogP contribution in [0.3, 0.4) is 0 Å². The number of rotatable bonds is 10. The highest BCUT2D eigenvalue weighted by molar-refractivity contribution is 7.92. The van der Waals surface area contributed by atoms with E-state index in [1.165, 1.54) is 0 Å². The molecule has 1 aliphatic rings. The summed E-state index contributed by atoms with van der Waals surface area (Å²) in [5, 5.41) is 10.4. The van der Waals surface area contributed by atoms with E-state index in [1.807, 2.05) is 17.0 Å². The van der Waals surface area contributed by atoms with Gasteiger partial charge in [0.05, 0.1) is 12.4 Å². The molecule has 0 spiro atoms. The second-order valence-electron chi connectivity index (χ2n) is 8.59. The summed E-state index contributed by atoms with van der Waals surface area (Å²) in [4.78, 5) is 14.7. The van der Waals surface area contributed by atoms with Crippen LogP contribution >= 0.6 is 23.2 Å². The fraction of sp³-hybridized carbons (Fsp3) is 0.458. The van der Waals surface area contributed by atoms with Crippen molar-refractivity contribution in [3.05, 3.63) is 63.6 Å². The Balaban J connectivity index is 1.71. The third kappa shape index (κ3) is 6.43. The number of hydrogen-bond acceptors (Lipinski definition) is 6. The van der Waals surface area contributed by atoms with Crippen molar-refractivity contribution in [2.75, 3.05) is 19.7 Å². The van der Waals surface area contributed by atoms with E-state index < -0.39 is 20.5 Å². The van der Waals surface area contributed by atoms with Crippen LogP contribution in [-0.4, -0.2) is 48.9 Å². The first-order valence-electron chi connectivity index (χ1n) is 11.2. The average molecular weight is 529 g/mol. The number of nitrogens with one attached hydrogen (secondary N) is 1. The van der Waals surface area contributed by atoms with Crippen LogP contribution < -0.4 is 10.2 Å². The van der Waals surface area contributed by atoms with Crippen LogP contribution in [0, 0.1) is 0 Å². The second kappa shape index (κ2) is 11.7. The standard InChI is InChI=1S/C24H30Cl2N2O5S/c1-2-3-12-33-22-6-4-18(5-7-22)17-34(31,32)24(23(29)27-30)8-10-28(11-9-24)16-19-13-20(25)15-21(26)14-19/h4-7,13-15,30H,2-3,8-12,16-17H2,1H3,(H,27,29). The molecule has 1 fully saturated rings. The number of benzene rings is 2. The van der Waals surface area contributed by atoms with E-state index in [0.29, 0.717) is 47.6 Å². The molecule has 34 heavy (non-hydrogen) atoms. The number of ether oxygens (including phenoxy) is 1. The van der Waals surface area contributed by atoms with Crippen molar-refractivity contribution in [1.82, 2.24) is 10.4 Å². The topological polar surface area (TPSA) is 95.9 Å². The number of hydroxylamine groups is 1. The molecule has 0 aromatic heterocycles. The molecule has 2 aromatic rings. The molecule has 186 valence electrons. The highest BCUT2D eigenvalue weighted by atomic mass is 35.5. The van der Waals surface area contributed by atoms with Crippen LogP contribution in [0.15, 0.2) is 42.5 Å². The molecule has 10 heteroatoms. The number of carbonyl (C=O) groups excluding carboxylic acids is 1. The molecule has 0 unspecified atom stereocenters. The van der Waals surface area contributed by atoms with Gasteiger partial charge in [-0.15, -0.1) is 0 Å². The molecule has 2 aromatic carbocycles. The number of halogens is 2. The van der Waals surface area contributed by atoms with Gasteiger partial charge in [0.1, 0.15) is 5.75 Å². The van der Waals surface area contributed by atoms with Crippen molar-refractivity contribution in [3.8, 4) is 5.75 Å². The zero-order valence-corrected chi connectivity index (χ0v) is 21.4. The normalized spacial score (nSPS) is 16.2. The number of nitrogens with zero attached hydrogens (tertiary/aromatic N) is 1. The maximum atomic E-state index is 13.5. The monoisotopic (exact) mass is 528 g/mol. The van der Waals surface area contributed by atoms with Gasteiger partial charge in [-0.3, -0.25) is 14.9 Å². The van der Waals surface area contributed by atoms with Gasteiger partial charge in [0.15, 0.2) is 14.6 Å². The summed E-state index contributed by atoms with van der Waals surface area (Å²) >= 11 is 12.2. The average Bonchev–Trinajstić information content (AvgIpc) is 2.79. The molecule has 7 nitrogen and oxygen atoms in total. The molecule has 1 saturated heterocycles. The predicted octanol–water partition coefficient (Wildman–Crippen LogP) is 4.63. The minimum Gasteiger partial charge on any atom is -0.494 e. The molecule has 3 rings (SSSR count). The molecule has 2 N–H and O–H groups in total. The molecule has 0 aliphatic carbocycles. The van der Waals surface area contributed by atoms with Crippen LogP contribution in [0.5, 0.6) is 5.75 Å². The maximum Gasteiger partial charge on any atom is 0.264 e. The summed E-state index contributed by atoms with van der Waals surface area (Å²) in [6.45, 7) is 3.93. The molecular formula is C24H30Cl2N2O5S. The Morgan fingerprint density at radius 3 is 2.26 bits per heavy atom. The first-order valence-corrected chi connectivity index (χ1v) is 13.7. The van der Waals surface area contributed by atoms with Gasteiger partial charge >= 0.3 is 0 Å². The third-order valence-corrected chi connectivity index (χ3v) is 9.08. The van der Waals surface area contributed by atoms with Gasteiger partial charge in [-0.05, 0) is 60.7 Å². The Bertz CT molecular complexity index is 1060. The Hall–Kier alpha value is -1.84. The summed E-state index contributed by atoms with van der Waals surface area (Å²) in [5.74, 6) is -0.524. The van der Waals surface area contributed by atoms with Gasteiger partial charge in [0, 0.05) is 29.7 Å². The number of likely N-dealkylation sites (tertiary alicyclic amines) is 1. The van der Waals surface area contributed by atoms with Crippen LogP contribution in [-0.2, 0) is 26.9 Å². The quantitative estimate of drug-likeness (QED) is 0.265. The minimum atomic E-state index is -3.93. The van der Waals surface area contributed by atoms with E-state index in [2.05, 4.69) is 6.92 Å². The Morgan fingerprint density at radius 1 is 1.09 bits per heavy atom. The fourth-order valence-electron chi connectivity index (χ4n) is 4.19. The molecule has 0 bridgehead atoms. The van der Waals surface area contributed by atoms with Crippen molar-refractivity contribution in [1.29, 1.82) is 0 Å². The van der Waals surface area contributed by atoms with Gasteiger partial charge < -0.3 is 4.74 Å². The molecule has 1 amide bonds. The lowest BCUT2D eigenvalue weighted by Crippen LogP contribution is -2.57. The molecular weight excluding hydrogens is 499 g/mol. The lowest BCUT2D eigenvalue weighted by molar-refractivity contribution is -0.133. The smallest absolute Gasteiger partial charge is 0.264 e. The van der Waals surface area contributed by atoms with Crippen molar-refractivity contribution in [2.24, 2.45) is 0 Å². The van der Waals surface area contributed by atoms with Crippen molar-refractivity contribution in [3.63, 3.8) is 0 Å². The highest BCUT2D eigenvalue weighted by Gasteiger charge is 2.52. The zero-order valence-electron chi connectivity index (χ0n) is 19.1. The molecule has 1 heterocycles. The van der Waals surface area contributed by atoms with E-state index in [0.717, 1.165) is 18.4 Å². The fourth-order valence-corrected chi connectivity index (χ4v) is 6.80. The second-order valence-corrected chi connectivity index (χ2v) is 11.8. The number of amides is 1. The Morgan fingerprint density at radius 2 is 1.71 bits per heavy atom. The van der Waals surface area contributed by atoms with E-state index in [-0.39, 0.29) is 18.6 Å². The Kier molecular flexibility index (Phi) is 9.23. The lowest BCUT2D eigenvalue weighted by Gasteiger charge is -2.39. The lowest BCUT2D eigenvalue weighted by atomic mass is 9.94. The summed E-state index contributed by atoms with van der Waals surface area (Å²) < 4.78 is 30.9. The van der Waals surface area contributed by atoms with Gasteiger partial charge in [0.25, 0.3) is 5.91 Å². The van der Waals surface area contributed by atoms with E-state index in [1.54, 1.807) is 35.8 Å². The van der Waals surface area contributed by atoms with Crippen LogP contribution in [0.25, 0.3) is 0 Å². The zero-order chi connectivity index (χ0) is 24.8. The first-order chi connectivity index (χ1) is 16.2. The SMILES string of the molecule is CCCCOc1ccc(CS(=O)(=O)C2(C(=O)NO)CCN(Cc3cc(Cl)cc(Cl)c3)CC2)cc1. The molecule has 0 saturated carbocycles. The largest absolute Gasteiger partial charge is 0.494 e. The number of sulfone groups is 1. The van der Waals surface area contributed by atoms with Crippen molar-refractivity contribution >= 4 is 38.9 Å². The summed E-state index contributed by atoms with van der Waals surface area (Å²) in [7, 11) is -3.93. The van der Waals surface area contributed by atoms with Crippen LogP contribution in [0.2, 0.25) is 10.0 Å². The van der Waals surface area contributed by atoms with Gasteiger partial charge in [0.2, 0.25) is 0 Å². The number of carbonyl (C=O) groups is 1. The molecule has 0 radical (unpaired) electrons. The van der Waals surface area contributed by atoms with Crippen LogP contribution in [0.1, 0.15) is 43.7 Å². The maximum absolute atomic E-state index is 13.5. The summed E-state index contributed by atoms with van der Waals surface area (Å²) in [6, 6.07) is 12.1. The highest BCUT2D eigenvalue weighted by Crippen LogP contribution is 2.35. The van der Waals surface area contributed by atoms with E-state index >= 15 is 0 Å². The van der Waals surface area contributed by atoms with Gasteiger partial charge in [-0.25, -0.2) is 13.9 Å². The third-order valence-electron chi connectivity index (χ3n) is 6.15. The van der Waals surface area contributed by atoms with Crippen LogP contribution in [0.4, 0.5) is 0 Å². The predicted molar refractivity (Wildman–Crippen MR) is 133 cm³/mol. The first kappa shape index (κ1) is 26.8. The number of piperidine rings is 1. The van der Waals surface area contributed by atoms with E-state index in [9.17, 15) is 18.4 Å². The summed E-state index contributed by atoms with van der Waals surface area (Å²) in [5.41, 5.74) is 3.06. The minimum absolute atomic E-state index is 0.0637. The Labute approximate surface area is 210 Å². The number of unbranched alkanes of at least 4 members (excludes halogenated alkanes) is 1. The van der Waals surface area contributed by atoms with Crippen molar-refractivity contribution < 1.29 is 23.2 Å². The van der Waals surface area contributed by atoms with E-state index in [4.69, 9.17) is 27.9 Å². The van der Waals surface area contributed by atoms with Crippen molar-refractivity contribution in [2.45, 2.75) is 49.7 Å². The number of hydrogen-bond donors (Lipinski definition) is 2. The molecule has 1 aliphatic heterocycles.